The van der Waals surface area contributed by atoms with Crippen molar-refractivity contribution >= 4 is 34.2 Å². The lowest BCUT2D eigenvalue weighted by atomic mass is 9.60. The minimum Gasteiger partial charge on any atom is -0.377 e. The second kappa shape index (κ2) is 7.83. The van der Waals surface area contributed by atoms with E-state index in [4.69, 9.17) is 21.4 Å². The van der Waals surface area contributed by atoms with Crippen molar-refractivity contribution in [3.63, 3.8) is 0 Å². The third-order valence-electron chi connectivity index (χ3n) is 8.95. The molecule has 2 atom stereocenters. The number of aromatic nitrogens is 4. The van der Waals surface area contributed by atoms with E-state index in [1.807, 2.05) is 18.0 Å². The van der Waals surface area contributed by atoms with Gasteiger partial charge in [-0.25, -0.2) is 0 Å². The molecule has 1 aromatic carbocycles. The van der Waals surface area contributed by atoms with E-state index in [2.05, 4.69) is 39.3 Å². The largest absolute Gasteiger partial charge is 0.377 e. The summed E-state index contributed by atoms with van der Waals surface area (Å²) >= 11 is 7.04. The monoisotopic (exact) mass is 506 g/mol. The van der Waals surface area contributed by atoms with Crippen LogP contribution >= 0.6 is 11.6 Å². The number of hydrogen-bond acceptors (Lipinski definition) is 5. The summed E-state index contributed by atoms with van der Waals surface area (Å²) in [6, 6.07) is 3.06. The number of halogens is 1. The molecule has 2 unspecified atom stereocenters. The van der Waals surface area contributed by atoms with Gasteiger partial charge in [-0.3, -0.25) is 14.6 Å². The van der Waals surface area contributed by atoms with Crippen LogP contribution in [0.4, 0.5) is 5.82 Å². The topological polar surface area (TPSA) is 79.3 Å². The Bertz CT molecular complexity index is 1380. The Labute approximate surface area is 215 Å². The van der Waals surface area contributed by atoms with Crippen molar-refractivity contribution in [3.8, 4) is 11.1 Å². The molecule has 3 aromatic rings. The Morgan fingerprint density at radius 2 is 1.92 bits per heavy atom. The van der Waals surface area contributed by atoms with Crippen LogP contribution in [0.1, 0.15) is 43.0 Å². The Kier molecular flexibility index (Phi) is 4.86. The van der Waals surface area contributed by atoms with Gasteiger partial charge in [0.25, 0.3) is 0 Å². The molecule has 1 N–H and O–H groups in total. The molecule has 5 heterocycles. The van der Waals surface area contributed by atoms with E-state index in [1.165, 1.54) is 6.08 Å². The molecule has 188 valence electrons. The average molecular weight is 507 g/mol. The van der Waals surface area contributed by atoms with E-state index in [1.54, 1.807) is 0 Å². The minimum atomic E-state index is 0.0323. The van der Waals surface area contributed by atoms with Crippen LogP contribution in [-0.2, 0) is 9.53 Å². The maximum atomic E-state index is 12.0. The Balaban J connectivity index is 1.32. The van der Waals surface area contributed by atoms with Crippen LogP contribution in [0.15, 0.2) is 24.9 Å². The zero-order valence-corrected chi connectivity index (χ0v) is 21.5. The summed E-state index contributed by atoms with van der Waals surface area (Å²) in [6.45, 7) is 11.0. The van der Waals surface area contributed by atoms with Crippen molar-refractivity contribution in [2.24, 2.45) is 5.41 Å². The number of H-pyrrole nitrogens is 1. The van der Waals surface area contributed by atoms with Gasteiger partial charge < -0.3 is 14.5 Å². The summed E-state index contributed by atoms with van der Waals surface area (Å²) in [5, 5.41) is 14.6. The van der Waals surface area contributed by atoms with Crippen LogP contribution in [0.25, 0.3) is 22.0 Å². The Morgan fingerprint density at radius 1 is 1.19 bits per heavy atom. The second-order valence-electron chi connectivity index (χ2n) is 11.2. The number of amides is 1. The molecular weight excluding hydrogens is 476 g/mol. The number of benzene rings is 1. The van der Waals surface area contributed by atoms with E-state index in [9.17, 15) is 4.79 Å². The van der Waals surface area contributed by atoms with Gasteiger partial charge in [0.15, 0.2) is 5.82 Å². The molecule has 3 saturated heterocycles. The maximum absolute atomic E-state index is 12.0. The number of nitrogens with one attached hydrogen (secondary N) is 1. The third-order valence-corrected chi connectivity index (χ3v) is 9.44. The summed E-state index contributed by atoms with van der Waals surface area (Å²) < 4.78 is 8.15. The van der Waals surface area contributed by atoms with Crippen molar-refractivity contribution in [2.75, 3.05) is 31.2 Å². The number of morpholine rings is 1. The second-order valence-corrected chi connectivity index (χ2v) is 11.6. The minimum absolute atomic E-state index is 0.0323. The standard InChI is InChI=1S/C27H31ClN6O2/c1-4-22(35)32-13-27(14-32)8-19(9-27)34-16(3)23(24-20-10-29-30-21(20)7-15(2)25(24)28)26(31-34)33-17-5-6-18(33)12-36-11-17/h4,7,10,17-19H,1,5-6,8-9,11-14H2,2-3H3,(H,29,30). The van der Waals surface area contributed by atoms with Crippen LogP contribution < -0.4 is 4.90 Å². The predicted molar refractivity (Wildman–Crippen MR) is 139 cm³/mol. The van der Waals surface area contributed by atoms with Crippen molar-refractivity contribution in [1.29, 1.82) is 0 Å². The molecule has 4 fully saturated rings. The fraction of sp³-hybridized carbons (Fsp3) is 0.519. The molecule has 9 heteroatoms. The number of aromatic amines is 1. The first-order valence-electron chi connectivity index (χ1n) is 12.9. The molecule has 8 nitrogen and oxygen atoms in total. The molecule has 2 bridgehead atoms. The lowest BCUT2D eigenvalue weighted by molar-refractivity contribution is -0.149. The Hall–Kier alpha value is -2.84. The fourth-order valence-corrected chi connectivity index (χ4v) is 7.42. The first-order valence-corrected chi connectivity index (χ1v) is 13.3. The molecule has 0 radical (unpaired) electrons. The number of carbonyl (C=O) groups excluding carboxylic acids is 1. The first-order chi connectivity index (χ1) is 17.4. The van der Waals surface area contributed by atoms with Crippen LogP contribution in [0.3, 0.4) is 0 Å². The van der Waals surface area contributed by atoms with Crippen molar-refractivity contribution in [3.05, 3.63) is 41.2 Å². The van der Waals surface area contributed by atoms with E-state index in [0.29, 0.717) is 18.1 Å². The SMILES string of the molecule is C=CC(=O)N1CC2(CC(n3nc(N4C5CCC4COC5)c(-c4c(Cl)c(C)cc5[nH]ncc45)c3C)C2)C1. The number of likely N-dealkylation sites (tertiary alicyclic amines) is 1. The summed E-state index contributed by atoms with van der Waals surface area (Å²) in [4.78, 5) is 16.4. The molecule has 4 aliphatic rings. The maximum Gasteiger partial charge on any atom is 0.245 e. The number of hydrogen-bond donors (Lipinski definition) is 1. The predicted octanol–water partition coefficient (Wildman–Crippen LogP) is 4.41. The zero-order valence-electron chi connectivity index (χ0n) is 20.8. The highest BCUT2D eigenvalue weighted by atomic mass is 35.5. The molecule has 1 amide bonds. The van der Waals surface area contributed by atoms with E-state index in [0.717, 1.165) is 96.1 Å². The van der Waals surface area contributed by atoms with Crippen molar-refractivity contribution < 1.29 is 9.53 Å². The third kappa shape index (κ3) is 3.07. The van der Waals surface area contributed by atoms with Gasteiger partial charge in [-0.2, -0.15) is 10.2 Å². The molecule has 1 saturated carbocycles. The van der Waals surface area contributed by atoms with Crippen LogP contribution in [0, 0.1) is 19.3 Å². The number of carbonyl (C=O) groups is 1. The molecular formula is C27H31ClN6O2. The van der Waals surface area contributed by atoms with Gasteiger partial charge in [0.2, 0.25) is 5.91 Å². The van der Waals surface area contributed by atoms with Gasteiger partial charge in [-0.05, 0) is 57.2 Å². The van der Waals surface area contributed by atoms with Crippen LogP contribution in [0.5, 0.6) is 0 Å². The van der Waals surface area contributed by atoms with Gasteiger partial charge in [0.05, 0.1) is 48.1 Å². The summed E-state index contributed by atoms with van der Waals surface area (Å²) in [6.07, 6.45) is 7.61. The average Bonchev–Trinajstić information content (AvgIpc) is 3.47. The van der Waals surface area contributed by atoms with Crippen LogP contribution in [0.2, 0.25) is 5.02 Å². The summed E-state index contributed by atoms with van der Waals surface area (Å²) in [5.41, 5.74) is 5.51. The van der Waals surface area contributed by atoms with E-state index < -0.39 is 0 Å². The smallest absolute Gasteiger partial charge is 0.245 e. The van der Waals surface area contributed by atoms with Gasteiger partial charge in [0.1, 0.15) is 0 Å². The lowest BCUT2D eigenvalue weighted by Gasteiger charge is -2.58. The van der Waals surface area contributed by atoms with Gasteiger partial charge in [-0.1, -0.05) is 18.2 Å². The quantitative estimate of drug-likeness (QED) is 0.530. The number of ether oxygens (including phenoxy) is 1. The molecule has 3 aliphatic heterocycles. The number of anilines is 1. The van der Waals surface area contributed by atoms with E-state index in [-0.39, 0.29) is 11.3 Å². The van der Waals surface area contributed by atoms with Crippen molar-refractivity contribution in [1.82, 2.24) is 24.9 Å². The number of aryl methyl sites for hydroxylation is 1. The molecule has 2 aromatic heterocycles. The number of rotatable bonds is 4. The number of fused-ring (bicyclic) bond motifs is 3. The molecule has 7 rings (SSSR count). The van der Waals surface area contributed by atoms with E-state index >= 15 is 0 Å². The molecule has 1 aliphatic carbocycles. The van der Waals surface area contributed by atoms with Gasteiger partial charge >= 0.3 is 0 Å². The summed E-state index contributed by atoms with van der Waals surface area (Å²) in [7, 11) is 0. The number of nitrogens with zero attached hydrogens (tertiary/aromatic N) is 5. The highest BCUT2D eigenvalue weighted by molar-refractivity contribution is 6.36. The van der Waals surface area contributed by atoms with Crippen LogP contribution in [-0.4, -0.2) is 69.2 Å². The zero-order chi connectivity index (χ0) is 24.8. The summed E-state index contributed by atoms with van der Waals surface area (Å²) in [5.74, 6) is 1.06. The first kappa shape index (κ1) is 22.4. The van der Waals surface area contributed by atoms with Crippen molar-refractivity contribution in [2.45, 2.75) is 57.7 Å². The fourth-order valence-electron chi connectivity index (χ4n) is 7.17. The highest BCUT2D eigenvalue weighted by Crippen LogP contribution is 2.56. The lowest BCUT2D eigenvalue weighted by Crippen LogP contribution is -2.63. The molecule has 36 heavy (non-hydrogen) atoms. The van der Waals surface area contributed by atoms with Gasteiger partial charge in [0, 0.05) is 40.7 Å². The molecule has 1 spiro atoms. The normalized spacial score (nSPS) is 24.9. The Morgan fingerprint density at radius 3 is 2.61 bits per heavy atom. The highest BCUT2D eigenvalue weighted by Gasteiger charge is 2.54. The van der Waals surface area contributed by atoms with Gasteiger partial charge in [-0.15, -0.1) is 0 Å².